The summed E-state index contributed by atoms with van der Waals surface area (Å²) >= 11 is 0. The molecule has 34 heavy (non-hydrogen) atoms. The molecule has 5 fully saturated rings. The Bertz CT molecular complexity index is 891. The van der Waals surface area contributed by atoms with Crippen LogP contribution >= 0.6 is 0 Å². The van der Waals surface area contributed by atoms with Gasteiger partial charge in [0, 0.05) is 17.8 Å². The van der Waals surface area contributed by atoms with Crippen LogP contribution < -0.4 is 0 Å². The summed E-state index contributed by atoms with van der Waals surface area (Å²) in [6.07, 6.45) is 8.92. The smallest absolute Gasteiger partial charge is 0.138 e. The molecule has 5 aliphatic rings. The second kappa shape index (κ2) is 7.44. The molecule has 3 nitrogen and oxygen atoms in total. The van der Waals surface area contributed by atoms with Crippen molar-refractivity contribution in [3.63, 3.8) is 0 Å². The van der Waals surface area contributed by atoms with E-state index in [0.717, 1.165) is 31.3 Å². The molecule has 0 saturated heterocycles. The van der Waals surface area contributed by atoms with Gasteiger partial charge in [0.1, 0.15) is 5.78 Å². The van der Waals surface area contributed by atoms with Crippen LogP contribution in [0.1, 0.15) is 106 Å². The second-order valence-corrected chi connectivity index (χ2v) is 14.9. The molecule has 0 amide bonds. The fourth-order valence-corrected chi connectivity index (χ4v) is 11.2. The number of Topliss-reactive ketones (excluding diaryl/α,β-unsaturated/α-hetero) is 1. The number of aliphatic hydroxyl groups excluding tert-OH is 2. The van der Waals surface area contributed by atoms with Gasteiger partial charge < -0.3 is 10.2 Å². The molecular formula is C31H50O3. The quantitative estimate of drug-likeness (QED) is 0.447. The van der Waals surface area contributed by atoms with Crippen LogP contribution in [0.4, 0.5) is 0 Å². The molecular weight excluding hydrogens is 420 g/mol. The predicted molar refractivity (Wildman–Crippen MR) is 137 cm³/mol. The van der Waals surface area contributed by atoms with E-state index in [0.29, 0.717) is 29.5 Å². The summed E-state index contributed by atoms with van der Waals surface area (Å²) in [6.45, 7) is 19.9. The molecule has 0 aliphatic heterocycles. The van der Waals surface area contributed by atoms with E-state index in [4.69, 9.17) is 0 Å². The lowest BCUT2D eigenvalue weighted by Crippen LogP contribution is -2.61. The maximum Gasteiger partial charge on any atom is 0.138 e. The van der Waals surface area contributed by atoms with Crippen molar-refractivity contribution in [1.29, 1.82) is 0 Å². The van der Waals surface area contributed by atoms with Crippen LogP contribution in [0.3, 0.4) is 0 Å². The molecule has 5 aliphatic carbocycles. The van der Waals surface area contributed by atoms with Crippen molar-refractivity contribution in [2.24, 2.45) is 56.7 Å². The van der Waals surface area contributed by atoms with Gasteiger partial charge in [0.15, 0.2) is 0 Å². The van der Waals surface area contributed by atoms with E-state index in [2.05, 4.69) is 48.1 Å². The van der Waals surface area contributed by atoms with E-state index in [9.17, 15) is 15.0 Å². The van der Waals surface area contributed by atoms with Crippen LogP contribution in [0.25, 0.3) is 0 Å². The topological polar surface area (TPSA) is 57.5 Å². The zero-order valence-corrected chi connectivity index (χ0v) is 22.9. The van der Waals surface area contributed by atoms with E-state index in [1.807, 2.05) is 6.92 Å². The minimum Gasteiger partial charge on any atom is -0.393 e. The number of hydrogen-bond acceptors (Lipinski definition) is 3. The Hall–Kier alpha value is -0.670. The molecule has 192 valence electrons. The second-order valence-electron chi connectivity index (χ2n) is 14.9. The van der Waals surface area contributed by atoms with Crippen LogP contribution in [0.15, 0.2) is 12.2 Å². The molecule has 0 heterocycles. The van der Waals surface area contributed by atoms with Gasteiger partial charge in [-0.15, -0.1) is 0 Å². The highest BCUT2D eigenvalue weighted by Crippen LogP contribution is 2.88. The van der Waals surface area contributed by atoms with Crippen molar-refractivity contribution in [3.05, 3.63) is 12.2 Å². The fraction of sp³-hybridized carbons (Fsp3) is 0.903. The fourth-order valence-electron chi connectivity index (χ4n) is 11.2. The Kier molecular flexibility index (Phi) is 5.47. The lowest BCUT2D eigenvalue weighted by atomic mass is 9.41. The molecule has 2 N–H and O–H groups in total. The molecule has 11 atom stereocenters. The van der Waals surface area contributed by atoms with E-state index in [-0.39, 0.29) is 45.2 Å². The maximum atomic E-state index is 12.9. The first-order valence-electron chi connectivity index (χ1n) is 14.2. The highest BCUT2D eigenvalue weighted by atomic mass is 16.3. The van der Waals surface area contributed by atoms with Gasteiger partial charge in [0.25, 0.3) is 0 Å². The van der Waals surface area contributed by atoms with Crippen LogP contribution in [-0.4, -0.2) is 28.2 Å². The Labute approximate surface area is 208 Å². The van der Waals surface area contributed by atoms with Crippen LogP contribution in [-0.2, 0) is 4.79 Å². The minimum absolute atomic E-state index is 0.134. The standard InChI is InChI=1S/C31H50O3/c1-18(2)20(4)22(32)15-19(3)21-9-11-29(8)26-23(33)16-24-27(5,6)25(34)10-12-30(24)17-31(26,30)14-13-28(21,29)7/h19-24,26,32-33H,1,9-17H2,2-8H3. The van der Waals surface area contributed by atoms with Gasteiger partial charge in [-0.3, -0.25) is 4.79 Å². The first-order chi connectivity index (χ1) is 15.7. The summed E-state index contributed by atoms with van der Waals surface area (Å²) in [5.74, 6) is 2.31. The van der Waals surface area contributed by atoms with Crippen LogP contribution in [0, 0.1) is 56.7 Å². The maximum absolute atomic E-state index is 12.9. The Morgan fingerprint density at radius 3 is 2.38 bits per heavy atom. The van der Waals surface area contributed by atoms with Crippen LogP contribution in [0.2, 0.25) is 0 Å². The minimum atomic E-state index is -0.326. The number of aliphatic hydroxyl groups is 2. The summed E-state index contributed by atoms with van der Waals surface area (Å²) in [4.78, 5) is 12.9. The van der Waals surface area contributed by atoms with Crippen molar-refractivity contribution < 1.29 is 15.0 Å². The van der Waals surface area contributed by atoms with Gasteiger partial charge in [-0.05, 0) is 104 Å². The van der Waals surface area contributed by atoms with Gasteiger partial charge in [0.2, 0.25) is 0 Å². The van der Waals surface area contributed by atoms with Crippen molar-refractivity contribution >= 4 is 5.78 Å². The van der Waals surface area contributed by atoms with Crippen LogP contribution in [0.5, 0.6) is 0 Å². The Balaban J connectivity index is 1.44. The third-order valence-electron chi connectivity index (χ3n) is 13.5. The van der Waals surface area contributed by atoms with Gasteiger partial charge in [0.05, 0.1) is 12.2 Å². The van der Waals surface area contributed by atoms with Crippen molar-refractivity contribution in [2.75, 3.05) is 0 Å². The molecule has 11 unspecified atom stereocenters. The van der Waals surface area contributed by atoms with E-state index in [1.165, 1.54) is 32.1 Å². The van der Waals surface area contributed by atoms with E-state index in [1.54, 1.807) is 0 Å². The zero-order chi connectivity index (χ0) is 25.1. The molecule has 0 radical (unpaired) electrons. The number of hydrogen-bond donors (Lipinski definition) is 2. The number of carbonyl (C=O) groups is 1. The van der Waals surface area contributed by atoms with Crippen molar-refractivity contribution in [3.8, 4) is 0 Å². The molecule has 5 saturated carbocycles. The van der Waals surface area contributed by atoms with Crippen molar-refractivity contribution in [2.45, 2.75) is 118 Å². The predicted octanol–water partition coefficient (Wildman–Crippen LogP) is 6.56. The van der Waals surface area contributed by atoms with Gasteiger partial charge in [-0.25, -0.2) is 0 Å². The summed E-state index contributed by atoms with van der Waals surface area (Å²) in [7, 11) is 0. The average Bonchev–Trinajstić information content (AvgIpc) is 3.31. The molecule has 0 aromatic heterocycles. The Morgan fingerprint density at radius 2 is 1.74 bits per heavy atom. The normalized spacial score (nSPS) is 51.4. The number of rotatable bonds is 5. The van der Waals surface area contributed by atoms with Gasteiger partial charge in [-0.1, -0.05) is 53.7 Å². The molecule has 0 bridgehead atoms. The summed E-state index contributed by atoms with van der Waals surface area (Å²) in [5.41, 5.74) is 1.64. The molecule has 3 heteroatoms. The molecule has 2 spiro atoms. The molecule has 5 rings (SSSR count). The SMILES string of the molecule is C=C(C)C(C)C(O)CC(C)C1CCC2(C)C3C(O)CC4C(C)(C)C(=O)CCC45CC35CCC12C. The third kappa shape index (κ3) is 2.86. The summed E-state index contributed by atoms with van der Waals surface area (Å²) in [6, 6.07) is 0. The van der Waals surface area contributed by atoms with Gasteiger partial charge in [-0.2, -0.15) is 0 Å². The van der Waals surface area contributed by atoms with E-state index < -0.39 is 0 Å². The van der Waals surface area contributed by atoms with E-state index >= 15 is 0 Å². The first-order valence-corrected chi connectivity index (χ1v) is 14.2. The number of carbonyl (C=O) groups excluding carboxylic acids is 1. The highest BCUT2D eigenvalue weighted by molar-refractivity contribution is 5.86. The zero-order valence-electron chi connectivity index (χ0n) is 22.9. The summed E-state index contributed by atoms with van der Waals surface area (Å²) in [5, 5.41) is 22.7. The third-order valence-corrected chi connectivity index (χ3v) is 13.5. The first kappa shape index (κ1) is 25.0. The lowest BCUT2D eigenvalue weighted by molar-refractivity contribution is -0.189. The average molecular weight is 471 g/mol. The van der Waals surface area contributed by atoms with Crippen molar-refractivity contribution in [1.82, 2.24) is 0 Å². The highest BCUT2D eigenvalue weighted by Gasteiger charge is 2.83. The summed E-state index contributed by atoms with van der Waals surface area (Å²) < 4.78 is 0. The lowest BCUT2D eigenvalue weighted by Gasteiger charge is -2.64. The largest absolute Gasteiger partial charge is 0.393 e. The number of fused-ring (bicyclic) bond motifs is 2. The molecule has 0 aromatic carbocycles. The number of ketones is 1. The van der Waals surface area contributed by atoms with Gasteiger partial charge >= 0.3 is 0 Å². The molecule has 0 aromatic rings. The Morgan fingerprint density at radius 1 is 1.06 bits per heavy atom. The monoisotopic (exact) mass is 470 g/mol.